The standard InChI is InChI=1S/C27H34N4O3/c1-8-34-19-11-9-10-18(14-19)22-15-23(30-29-22)25(33)31-28-16-17-12-20(26(2,3)4)24(32)21(13-17)27(5,6)7/h9-16,32H,8H2,1-7H3,(H,29,30)(H,31,33)/b28-16-. The number of benzene rings is 2. The lowest BCUT2D eigenvalue weighted by molar-refractivity contribution is 0.0950. The zero-order chi connectivity index (χ0) is 25.1. The summed E-state index contributed by atoms with van der Waals surface area (Å²) < 4.78 is 5.53. The van der Waals surface area contributed by atoms with Gasteiger partial charge in [-0.3, -0.25) is 9.89 Å². The van der Waals surface area contributed by atoms with Gasteiger partial charge in [0.25, 0.3) is 5.91 Å². The summed E-state index contributed by atoms with van der Waals surface area (Å²) >= 11 is 0. The van der Waals surface area contributed by atoms with Crippen LogP contribution < -0.4 is 10.2 Å². The van der Waals surface area contributed by atoms with Crippen molar-refractivity contribution in [2.75, 3.05) is 6.61 Å². The van der Waals surface area contributed by atoms with E-state index in [0.29, 0.717) is 23.7 Å². The number of carbonyl (C=O) groups excluding carboxylic acids is 1. The molecule has 7 heteroatoms. The summed E-state index contributed by atoms with van der Waals surface area (Å²) in [5.74, 6) is 0.651. The molecule has 34 heavy (non-hydrogen) atoms. The van der Waals surface area contributed by atoms with E-state index in [-0.39, 0.29) is 10.8 Å². The SMILES string of the molecule is CCOc1cccc(-c2cc(C(=O)N/N=C\c3cc(C(C)(C)C)c(O)c(C(C)(C)C)c3)[nH]n2)c1. The van der Waals surface area contributed by atoms with Gasteiger partial charge in [0.05, 0.1) is 18.5 Å². The van der Waals surface area contributed by atoms with Gasteiger partial charge in [-0.15, -0.1) is 0 Å². The molecule has 0 unspecified atom stereocenters. The molecule has 0 saturated heterocycles. The minimum Gasteiger partial charge on any atom is -0.507 e. The molecule has 0 radical (unpaired) electrons. The van der Waals surface area contributed by atoms with Crippen molar-refractivity contribution in [1.82, 2.24) is 15.6 Å². The third-order valence-electron chi connectivity index (χ3n) is 5.39. The van der Waals surface area contributed by atoms with Crippen molar-refractivity contribution in [3.63, 3.8) is 0 Å². The first-order valence-corrected chi connectivity index (χ1v) is 11.4. The molecule has 0 bridgehead atoms. The van der Waals surface area contributed by atoms with Crippen molar-refractivity contribution in [3.8, 4) is 22.8 Å². The van der Waals surface area contributed by atoms with Crippen LogP contribution in [0.25, 0.3) is 11.3 Å². The molecule has 3 aromatic rings. The summed E-state index contributed by atoms with van der Waals surface area (Å²) in [6, 6.07) is 13.0. The Morgan fingerprint density at radius 1 is 1.09 bits per heavy atom. The molecule has 1 amide bonds. The lowest BCUT2D eigenvalue weighted by Gasteiger charge is -2.27. The molecule has 0 aliphatic heterocycles. The molecular formula is C27H34N4O3. The van der Waals surface area contributed by atoms with Gasteiger partial charge < -0.3 is 9.84 Å². The highest BCUT2D eigenvalue weighted by atomic mass is 16.5. The molecule has 3 N–H and O–H groups in total. The molecule has 180 valence electrons. The summed E-state index contributed by atoms with van der Waals surface area (Å²) in [6.07, 6.45) is 1.59. The average molecular weight is 463 g/mol. The van der Waals surface area contributed by atoms with Crippen LogP contribution in [0.1, 0.15) is 75.6 Å². The summed E-state index contributed by atoms with van der Waals surface area (Å²) in [6.45, 7) is 14.8. The van der Waals surface area contributed by atoms with Crippen molar-refractivity contribution in [2.24, 2.45) is 5.10 Å². The summed E-state index contributed by atoms with van der Waals surface area (Å²) in [7, 11) is 0. The molecule has 0 fully saturated rings. The van der Waals surface area contributed by atoms with Gasteiger partial charge in [-0.1, -0.05) is 53.7 Å². The van der Waals surface area contributed by atoms with Gasteiger partial charge in [-0.05, 0) is 53.6 Å². The largest absolute Gasteiger partial charge is 0.507 e. The number of hydrogen-bond acceptors (Lipinski definition) is 5. The van der Waals surface area contributed by atoms with Crippen LogP contribution in [-0.2, 0) is 10.8 Å². The van der Waals surface area contributed by atoms with Crippen molar-refractivity contribution in [2.45, 2.75) is 59.3 Å². The van der Waals surface area contributed by atoms with Crippen molar-refractivity contribution in [1.29, 1.82) is 0 Å². The first-order valence-electron chi connectivity index (χ1n) is 11.4. The number of ether oxygens (including phenoxy) is 1. The molecule has 0 spiro atoms. The Bertz CT molecular complexity index is 1160. The van der Waals surface area contributed by atoms with Crippen molar-refractivity contribution < 1.29 is 14.6 Å². The fourth-order valence-corrected chi connectivity index (χ4v) is 3.60. The van der Waals surface area contributed by atoms with E-state index in [1.165, 1.54) is 0 Å². The Kier molecular flexibility index (Phi) is 7.15. The normalized spacial score (nSPS) is 12.2. The number of aromatic nitrogens is 2. The third-order valence-corrected chi connectivity index (χ3v) is 5.39. The summed E-state index contributed by atoms with van der Waals surface area (Å²) in [4.78, 5) is 12.6. The molecule has 0 atom stereocenters. The number of aromatic hydroxyl groups is 1. The van der Waals surface area contributed by atoms with Crippen LogP contribution in [0.4, 0.5) is 0 Å². The second kappa shape index (κ2) is 9.71. The second-order valence-electron chi connectivity index (χ2n) is 10.3. The fourth-order valence-electron chi connectivity index (χ4n) is 3.60. The maximum Gasteiger partial charge on any atom is 0.289 e. The summed E-state index contributed by atoms with van der Waals surface area (Å²) in [5.41, 5.74) is 6.30. The van der Waals surface area contributed by atoms with E-state index in [1.54, 1.807) is 12.3 Å². The van der Waals surface area contributed by atoms with E-state index in [1.807, 2.05) is 43.3 Å². The first kappa shape index (κ1) is 25.0. The minimum atomic E-state index is -0.401. The van der Waals surface area contributed by atoms with E-state index < -0.39 is 5.91 Å². The Balaban J connectivity index is 1.79. The van der Waals surface area contributed by atoms with Gasteiger partial charge in [0, 0.05) is 16.7 Å². The van der Waals surface area contributed by atoms with Crippen LogP contribution in [-0.4, -0.2) is 34.0 Å². The van der Waals surface area contributed by atoms with E-state index >= 15 is 0 Å². The Hall–Kier alpha value is -3.61. The van der Waals surface area contributed by atoms with Crippen LogP contribution in [0.2, 0.25) is 0 Å². The smallest absolute Gasteiger partial charge is 0.289 e. The molecule has 3 rings (SSSR count). The van der Waals surface area contributed by atoms with Gasteiger partial charge in [-0.25, -0.2) is 5.43 Å². The number of phenolic OH excluding ortho intramolecular Hbond substituents is 1. The fraction of sp³-hybridized carbons (Fsp3) is 0.370. The van der Waals surface area contributed by atoms with E-state index in [4.69, 9.17) is 4.74 Å². The Morgan fingerprint density at radius 3 is 2.32 bits per heavy atom. The van der Waals surface area contributed by atoms with Gasteiger partial charge in [0.2, 0.25) is 0 Å². The minimum absolute atomic E-state index is 0.247. The molecule has 1 heterocycles. The predicted octanol–water partition coefficient (Wildman–Crippen LogP) is 5.54. The zero-order valence-corrected chi connectivity index (χ0v) is 21.0. The molecule has 0 saturated carbocycles. The monoisotopic (exact) mass is 462 g/mol. The van der Waals surface area contributed by atoms with E-state index in [9.17, 15) is 9.90 Å². The Labute approximate surface area is 201 Å². The van der Waals surface area contributed by atoms with E-state index in [2.05, 4.69) is 62.3 Å². The lowest BCUT2D eigenvalue weighted by atomic mass is 9.78. The van der Waals surface area contributed by atoms with Gasteiger partial charge in [-0.2, -0.15) is 10.2 Å². The molecule has 7 nitrogen and oxygen atoms in total. The van der Waals surface area contributed by atoms with Crippen LogP contribution in [0.5, 0.6) is 11.5 Å². The topological polar surface area (TPSA) is 99.6 Å². The quantitative estimate of drug-likeness (QED) is 0.331. The zero-order valence-electron chi connectivity index (χ0n) is 21.0. The van der Waals surface area contributed by atoms with Gasteiger partial charge in [0.1, 0.15) is 17.2 Å². The number of rotatable bonds is 6. The number of carbonyl (C=O) groups is 1. The lowest BCUT2D eigenvalue weighted by Crippen LogP contribution is -2.19. The highest BCUT2D eigenvalue weighted by molar-refractivity contribution is 5.94. The van der Waals surface area contributed by atoms with Crippen molar-refractivity contribution >= 4 is 12.1 Å². The van der Waals surface area contributed by atoms with Crippen molar-refractivity contribution in [3.05, 3.63) is 64.8 Å². The Morgan fingerprint density at radius 2 is 1.74 bits per heavy atom. The number of hydrazone groups is 1. The summed E-state index contributed by atoms with van der Waals surface area (Å²) in [5, 5.41) is 22.0. The first-order chi connectivity index (χ1) is 15.9. The number of H-pyrrole nitrogens is 1. The number of nitrogens with zero attached hydrogens (tertiary/aromatic N) is 2. The number of nitrogens with one attached hydrogen (secondary N) is 2. The van der Waals surface area contributed by atoms with Crippen LogP contribution in [0.15, 0.2) is 47.6 Å². The third kappa shape index (κ3) is 5.84. The second-order valence-corrected chi connectivity index (χ2v) is 10.3. The highest BCUT2D eigenvalue weighted by Crippen LogP contribution is 2.39. The predicted molar refractivity (Wildman–Crippen MR) is 136 cm³/mol. The maximum absolute atomic E-state index is 12.6. The number of hydrogen-bond donors (Lipinski definition) is 3. The highest BCUT2D eigenvalue weighted by Gasteiger charge is 2.26. The molecule has 1 aromatic heterocycles. The maximum atomic E-state index is 12.6. The molecule has 0 aliphatic carbocycles. The number of aromatic amines is 1. The van der Waals surface area contributed by atoms with Gasteiger partial charge >= 0.3 is 0 Å². The van der Waals surface area contributed by atoms with Crippen LogP contribution in [0.3, 0.4) is 0 Å². The van der Waals surface area contributed by atoms with Crippen LogP contribution in [0, 0.1) is 0 Å². The number of amides is 1. The van der Waals surface area contributed by atoms with Gasteiger partial charge in [0.15, 0.2) is 0 Å². The molecule has 2 aromatic carbocycles. The number of phenols is 1. The van der Waals surface area contributed by atoms with E-state index in [0.717, 1.165) is 28.0 Å². The average Bonchev–Trinajstić information content (AvgIpc) is 3.24. The van der Waals surface area contributed by atoms with Crippen LogP contribution >= 0.6 is 0 Å². The molecule has 0 aliphatic rings. The molecular weight excluding hydrogens is 428 g/mol.